The van der Waals surface area contributed by atoms with Crippen LogP contribution in [0.1, 0.15) is 23.7 Å². The van der Waals surface area contributed by atoms with Crippen LogP contribution in [0, 0.1) is 19.4 Å². The van der Waals surface area contributed by atoms with Crippen LogP contribution in [0.4, 0.5) is 14.5 Å². The number of rotatable bonds is 7. The lowest BCUT2D eigenvalue weighted by Crippen LogP contribution is -2.08. The predicted octanol–water partition coefficient (Wildman–Crippen LogP) is 5.22. The lowest BCUT2D eigenvalue weighted by atomic mass is 10.1. The molecule has 0 bridgehead atoms. The average Bonchev–Trinajstić information content (AvgIpc) is 2.58. The topological polar surface area (TPSA) is 83.2 Å². The van der Waals surface area contributed by atoms with Crippen molar-refractivity contribution >= 4 is 17.3 Å². The zero-order valence-electron chi connectivity index (χ0n) is 14.5. The highest BCUT2D eigenvalue weighted by Gasteiger charge is 2.27. The largest absolute Gasteiger partial charge is 0.457 e. The van der Waals surface area contributed by atoms with Crippen LogP contribution in [0.2, 0.25) is 5.02 Å². The molecule has 0 fully saturated rings. The second-order valence-corrected chi connectivity index (χ2v) is 6.09. The predicted molar refractivity (Wildman–Crippen MR) is 94.9 cm³/mol. The molecule has 9 heteroatoms. The van der Waals surface area contributed by atoms with Gasteiger partial charge in [-0.25, -0.2) is 24.3 Å². The van der Waals surface area contributed by atoms with Crippen molar-refractivity contribution in [2.45, 2.75) is 26.7 Å². The minimum atomic E-state index is -3.06. The Hall–Kier alpha value is -2.61. The van der Waals surface area contributed by atoms with Crippen molar-refractivity contribution in [1.82, 2.24) is 9.97 Å². The third-order valence-electron chi connectivity index (χ3n) is 3.54. The molecule has 1 aromatic carbocycles. The first-order chi connectivity index (χ1) is 12.2. The minimum absolute atomic E-state index is 0.0207. The van der Waals surface area contributed by atoms with Crippen LogP contribution in [0.5, 0.6) is 6.01 Å². The van der Waals surface area contributed by atoms with Crippen LogP contribution in [0.3, 0.4) is 0 Å². The van der Waals surface area contributed by atoms with Gasteiger partial charge in [0.1, 0.15) is 12.3 Å². The molecule has 6 nitrogen and oxygen atoms in total. The van der Waals surface area contributed by atoms with E-state index >= 15 is 0 Å². The van der Waals surface area contributed by atoms with Gasteiger partial charge in [-0.1, -0.05) is 11.6 Å². The Morgan fingerprint density at radius 3 is 2.77 bits per heavy atom. The minimum Gasteiger partial charge on any atom is -0.457 e. The fourth-order valence-corrected chi connectivity index (χ4v) is 2.22. The second-order valence-electron chi connectivity index (χ2n) is 5.68. The molecule has 2 rings (SSSR count). The zero-order chi connectivity index (χ0) is 19.3. The van der Waals surface area contributed by atoms with Crippen molar-refractivity contribution in [2.75, 3.05) is 11.9 Å². The summed E-state index contributed by atoms with van der Waals surface area (Å²) >= 11 is 5.81. The molecule has 0 aliphatic carbocycles. The van der Waals surface area contributed by atoms with Crippen molar-refractivity contribution in [3.63, 3.8) is 0 Å². The van der Waals surface area contributed by atoms with Crippen molar-refractivity contribution in [2.24, 2.45) is 5.11 Å². The summed E-state index contributed by atoms with van der Waals surface area (Å²) in [4.78, 5) is 8.19. The summed E-state index contributed by atoms with van der Waals surface area (Å²) in [7, 11) is 0. The van der Waals surface area contributed by atoms with Gasteiger partial charge in [-0.05, 0) is 37.6 Å². The molecule has 0 saturated carbocycles. The van der Waals surface area contributed by atoms with E-state index < -0.39 is 5.92 Å². The number of alkyl halides is 2. The molecule has 1 heterocycles. The van der Waals surface area contributed by atoms with Crippen molar-refractivity contribution < 1.29 is 13.5 Å². The van der Waals surface area contributed by atoms with Gasteiger partial charge in [-0.15, -0.1) is 0 Å². The quantitative estimate of drug-likeness (QED) is 0.644. The average molecular weight is 382 g/mol. The van der Waals surface area contributed by atoms with Gasteiger partial charge in [0.25, 0.3) is 5.92 Å². The van der Waals surface area contributed by atoms with Crippen molar-refractivity contribution in [3.8, 4) is 6.01 Å². The number of aryl methyl sites for hydroxylation is 2. The number of hydrogen-bond donors (Lipinski definition) is 2. The third-order valence-corrected chi connectivity index (χ3v) is 3.87. The highest BCUT2D eigenvalue weighted by atomic mass is 35.5. The van der Waals surface area contributed by atoms with E-state index in [0.717, 1.165) is 18.2 Å². The Morgan fingerprint density at radius 2 is 2.15 bits per heavy atom. The van der Waals surface area contributed by atoms with Gasteiger partial charge in [0.15, 0.2) is 0 Å². The maximum Gasteiger partial charge on any atom is 0.316 e. The van der Waals surface area contributed by atoms with Crippen LogP contribution in [0.15, 0.2) is 41.4 Å². The van der Waals surface area contributed by atoms with Crippen molar-refractivity contribution in [1.29, 1.82) is 5.53 Å². The van der Waals surface area contributed by atoms with Crippen molar-refractivity contribution in [3.05, 3.63) is 58.1 Å². The number of nitrogens with zero attached hydrogens (tertiary/aromatic N) is 3. The summed E-state index contributed by atoms with van der Waals surface area (Å²) in [5, 5.41) is 6.12. The molecule has 0 spiro atoms. The maximum atomic E-state index is 13.5. The Kier molecular flexibility index (Phi) is 6.20. The molecule has 1 aromatic heterocycles. The monoisotopic (exact) mass is 381 g/mol. The van der Waals surface area contributed by atoms with Gasteiger partial charge in [0.2, 0.25) is 0 Å². The number of ether oxygens (including phenoxy) is 1. The van der Waals surface area contributed by atoms with Crippen LogP contribution in [-0.4, -0.2) is 16.6 Å². The van der Waals surface area contributed by atoms with E-state index in [9.17, 15) is 8.78 Å². The van der Waals surface area contributed by atoms with E-state index in [0.29, 0.717) is 5.69 Å². The fraction of sp³-hybridized carbons (Fsp3) is 0.294. The second kappa shape index (κ2) is 8.18. The van der Waals surface area contributed by atoms with Crippen LogP contribution in [-0.2, 0) is 5.92 Å². The number of benzene rings is 1. The smallest absolute Gasteiger partial charge is 0.316 e. The van der Waals surface area contributed by atoms with Gasteiger partial charge in [0, 0.05) is 41.3 Å². The summed E-state index contributed by atoms with van der Waals surface area (Å²) in [6.07, 6.45) is 3.02. The van der Waals surface area contributed by atoms with Gasteiger partial charge < -0.3 is 10.1 Å². The zero-order valence-corrected chi connectivity index (χ0v) is 15.2. The molecular weight excluding hydrogens is 364 g/mol. The first-order valence-corrected chi connectivity index (χ1v) is 8.02. The Bertz CT molecular complexity index is 836. The van der Waals surface area contributed by atoms with Gasteiger partial charge in [0.05, 0.1) is 0 Å². The highest BCUT2D eigenvalue weighted by Crippen LogP contribution is 2.34. The summed E-state index contributed by atoms with van der Waals surface area (Å²) in [6, 6.07) is 4.33. The Balaban J connectivity index is 2.07. The third kappa shape index (κ3) is 5.19. The van der Waals surface area contributed by atoms with Crippen LogP contribution in [0.25, 0.3) is 0 Å². The number of nitrogens with one attached hydrogen (secondary N) is 2. The first kappa shape index (κ1) is 19.7. The van der Waals surface area contributed by atoms with E-state index in [-0.39, 0.29) is 28.9 Å². The molecule has 26 heavy (non-hydrogen) atoms. The Morgan fingerprint density at radius 1 is 1.42 bits per heavy atom. The number of aromatic nitrogens is 2. The molecule has 0 unspecified atom stereocenters. The van der Waals surface area contributed by atoms with E-state index in [1.807, 2.05) is 13.8 Å². The Labute approximate surface area is 154 Å². The molecule has 0 saturated heterocycles. The molecule has 0 aliphatic heterocycles. The van der Waals surface area contributed by atoms with E-state index in [2.05, 4.69) is 20.4 Å². The molecule has 0 atom stereocenters. The maximum absolute atomic E-state index is 13.5. The van der Waals surface area contributed by atoms with E-state index in [4.69, 9.17) is 21.9 Å². The summed E-state index contributed by atoms with van der Waals surface area (Å²) in [5.41, 5.74) is 9.24. The first-order valence-electron chi connectivity index (χ1n) is 7.64. The molecule has 2 N–H and O–H groups in total. The van der Waals surface area contributed by atoms with Gasteiger partial charge in [-0.2, -0.15) is 5.11 Å². The lowest BCUT2D eigenvalue weighted by molar-refractivity contribution is 0.0176. The molecule has 138 valence electrons. The van der Waals surface area contributed by atoms with E-state index in [1.165, 1.54) is 18.3 Å². The summed E-state index contributed by atoms with van der Waals surface area (Å²) in [5.74, 6) is -3.06. The number of anilines is 1. The standard InChI is InChI=1S/C17H18ClF2N5O/c1-10-7-23-16(24-11(10)2)26-9-13(25-21)8-22-12-4-5-15(18)14(6-12)17(3,19)20/h4-8,21-22H,9H2,1-3H3/b13-8-,25-21?. The molecule has 0 radical (unpaired) electrons. The van der Waals surface area contributed by atoms with Crippen LogP contribution < -0.4 is 10.1 Å². The fourth-order valence-electron chi connectivity index (χ4n) is 1.94. The van der Waals surface area contributed by atoms with Gasteiger partial charge >= 0.3 is 6.01 Å². The summed E-state index contributed by atoms with van der Waals surface area (Å²) < 4.78 is 32.4. The molecule has 2 aromatic rings. The van der Waals surface area contributed by atoms with E-state index in [1.54, 1.807) is 12.3 Å². The lowest BCUT2D eigenvalue weighted by Gasteiger charge is -2.14. The normalized spacial score (nSPS) is 12.0. The van der Waals surface area contributed by atoms with Gasteiger partial charge in [-0.3, -0.25) is 0 Å². The SMILES string of the molecule is Cc1cnc(OC/C(=C/Nc2ccc(Cl)c(C(C)(F)F)c2)N=N)nc1C. The molecular formula is C17H18ClF2N5O. The summed E-state index contributed by atoms with van der Waals surface area (Å²) in [6.45, 7) is 4.44. The molecule has 0 amide bonds. The number of halogens is 3. The molecule has 0 aliphatic rings. The number of hydrogen-bond acceptors (Lipinski definition) is 6. The highest BCUT2D eigenvalue weighted by molar-refractivity contribution is 6.31. The van der Waals surface area contributed by atoms with Crippen LogP contribution >= 0.6 is 11.6 Å².